The number of fused-ring (bicyclic) bond motifs is 2. The van der Waals surface area contributed by atoms with Gasteiger partial charge in [0.25, 0.3) is 0 Å². The van der Waals surface area contributed by atoms with Crippen molar-refractivity contribution >= 4 is 39.9 Å². The summed E-state index contributed by atoms with van der Waals surface area (Å²) in [6, 6.07) is 19.1. The Morgan fingerprint density at radius 1 is 1.10 bits per heavy atom. The average molecular weight is 430 g/mol. The molecule has 0 unspecified atom stereocenters. The molecule has 0 saturated heterocycles. The van der Waals surface area contributed by atoms with Gasteiger partial charge in [0.05, 0.1) is 17.3 Å². The Morgan fingerprint density at radius 2 is 1.87 bits per heavy atom. The summed E-state index contributed by atoms with van der Waals surface area (Å²) in [7, 11) is 0. The van der Waals surface area contributed by atoms with E-state index >= 15 is 0 Å². The summed E-state index contributed by atoms with van der Waals surface area (Å²) >= 11 is 6.31. The fraction of sp³-hybridized carbons (Fsp3) is 0.160. The molecule has 2 heterocycles. The zero-order valence-corrected chi connectivity index (χ0v) is 17.9. The molecule has 4 aromatic rings. The summed E-state index contributed by atoms with van der Waals surface area (Å²) in [5.74, 6) is -0.334. The number of amides is 1. The number of benzene rings is 3. The predicted molar refractivity (Wildman–Crippen MR) is 122 cm³/mol. The molecule has 0 spiro atoms. The van der Waals surface area contributed by atoms with Crippen LogP contribution in [0.2, 0.25) is 5.02 Å². The van der Waals surface area contributed by atoms with Gasteiger partial charge in [-0.3, -0.25) is 9.59 Å². The lowest BCUT2D eigenvalue weighted by molar-refractivity contribution is -0.116. The maximum Gasteiger partial charge on any atom is 0.226 e. The third-order valence-electron chi connectivity index (χ3n) is 5.87. The molecule has 1 aliphatic rings. The molecule has 0 aliphatic carbocycles. The Bertz CT molecular complexity index is 1370. The smallest absolute Gasteiger partial charge is 0.226 e. The molecule has 3 aromatic carbocycles. The molecule has 1 amide bonds. The first-order valence-corrected chi connectivity index (χ1v) is 10.5. The molecule has 5 nitrogen and oxygen atoms in total. The summed E-state index contributed by atoms with van der Waals surface area (Å²) in [5, 5.41) is 10.1. The number of ketones is 1. The van der Waals surface area contributed by atoms with E-state index in [0.29, 0.717) is 22.1 Å². The van der Waals surface area contributed by atoms with Crippen LogP contribution in [-0.4, -0.2) is 21.5 Å². The SMILES string of the molecule is Cc1ccc(-n2nc(C)c3c2NC(=O)C[C@@H]3C(=O)c2cccc3ccccc23)cc1Cl. The van der Waals surface area contributed by atoms with Gasteiger partial charge in [-0.15, -0.1) is 0 Å². The second-order valence-corrected chi connectivity index (χ2v) is 8.30. The van der Waals surface area contributed by atoms with Gasteiger partial charge in [-0.1, -0.05) is 60.1 Å². The highest BCUT2D eigenvalue weighted by molar-refractivity contribution is 6.31. The number of nitrogens with zero attached hydrogens (tertiary/aromatic N) is 2. The van der Waals surface area contributed by atoms with Crippen molar-refractivity contribution in [2.75, 3.05) is 5.32 Å². The number of halogens is 1. The molecular weight excluding hydrogens is 410 g/mol. The minimum Gasteiger partial charge on any atom is -0.310 e. The Hall–Kier alpha value is -3.44. The van der Waals surface area contributed by atoms with Gasteiger partial charge >= 0.3 is 0 Å². The van der Waals surface area contributed by atoms with E-state index in [1.54, 1.807) is 4.68 Å². The van der Waals surface area contributed by atoms with Crippen LogP contribution in [0.15, 0.2) is 60.7 Å². The van der Waals surface area contributed by atoms with Crippen LogP contribution in [0, 0.1) is 13.8 Å². The van der Waals surface area contributed by atoms with Crippen LogP contribution in [0.1, 0.15) is 39.5 Å². The third kappa shape index (κ3) is 3.22. The second-order valence-electron chi connectivity index (χ2n) is 7.89. The van der Waals surface area contributed by atoms with Crippen LogP contribution in [-0.2, 0) is 4.79 Å². The quantitative estimate of drug-likeness (QED) is 0.431. The molecular formula is C25H20ClN3O2. The van der Waals surface area contributed by atoms with Gasteiger partial charge in [-0.25, -0.2) is 4.68 Å². The largest absolute Gasteiger partial charge is 0.310 e. The van der Waals surface area contributed by atoms with Gasteiger partial charge in [0, 0.05) is 22.6 Å². The predicted octanol–water partition coefficient (Wildman–Crippen LogP) is 5.60. The van der Waals surface area contributed by atoms with Crippen molar-refractivity contribution < 1.29 is 9.59 Å². The van der Waals surface area contributed by atoms with Gasteiger partial charge in [0.1, 0.15) is 5.82 Å². The first-order chi connectivity index (χ1) is 14.9. The van der Waals surface area contributed by atoms with Crippen molar-refractivity contribution in [1.29, 1.82) is 0 Å². The Balaban J connectivity index is 1.65. The van der Waals surface area contributed by atoms with Gasteiger partial charge in [0.15, 0.2) is 5.78 Å². The maximum absolute atomic E-state index is 13.7. The lowest BCUT2D eigenvalue weighted by atomic mass is 9.84. The molecule has 0 fully saturated rings. The number of hydrogen-bond donors (Lipinski definition) is 1. The minimum atomic E-state index is -0.593. The summed E-state index contributed by atoms with van der Waals surface area (Å²) in [4.78, 5) is 26.3. The van der Waals surface area contributed by atoms with Crippen molar-refractivity contribution in [3.8, 4) is 5.69 Å². The van der Waals surface area contributed by atoms with Gasteiger partial charge in [-0.05, 0) is 42.3 Å². The van der Waals surface area contributed by atoms with E-state index in [9.17, 15) is 9.59 Å². The first-order valence-electron chi connectivity index (χ1n) is 10.1. The van der Waals surface area contributed by atoms with E-state index in [0.717, 1.165) is 27.6 Å². The summed E-state index contributed by atoms with van der Waals surface area (Å²) in [6.07, 6.45) is 0.0935. The standard InChI is InChI=1S/C25H20ClN3O2/c1-14-10-11-17(12-21(14)26)29-25-23(15(2)28-29)20(13-22(30)27-25)24(31)19-9-5-7-16-6-3-4-8-18(16)19/h3-12,20H,13H2,1-2H3,(H,27,30)/t20-/m0/s1. The normalized spacial score (nSPS) is 15.6. The van der Waals surface area contributed by atoms with E-state index in [2.05, 4.69) is 10.4 Å². The highest BCUT2D eigenvalue weighted by Crippen LogP contribution is 2.39. The zero-order chi connectivity index (χ0) is 21.7. The van der Waals surface area contributed by atoms with Crippen LogP contribution in [0.3, 0.4) is 0 Å². The molecule has 1 aromatic heterocycles. The molecule has 0 saturated carbocycles. The lowest BCUT2D eigenvalue weighted by Crippen LogP contribution is -2.28. The number of rotatable bonds is 3. The van der Waals surface area contributed by atoms with E-state index in [1.807, 2.05) is 74.5 Å². The van der Waals surface area contributed by atoms with Crippen molar-refractivity contribution in [2.24, 2.45) is 0 Å². The summed E-state index contributed by atoms with van der Waals surface area (Å²) in [6.45, 7) is 3.79. The fourth-order valence-corrected chi connectivity index (χ4v) is 4.47. The fourth-order valence-electron chi connectivity index (χ4n) is 4.30. The number of carbonyl (C=O) groups excluding carboxylic acids is 2. The molecule has 1 aliphatic heterocycles. The highest BCUT2D eigenvalue weighted by Gasteiger charge is 2.36. The van der Waals surface area contributed by atoms with Crippen LogP contribution < -0.4 is 5.32 Å². The summed E-state index contributed by atoms with van der Waals surface area (Å²) < 4.78 is 1.66. The molecule has 0 radical (unpaired) electrons. The lowest BCUT2D eigenvalue weighted by Gasteiger charge is -2.23. The molecule has 0 bridgehead atoms. The van der Waals surface area contributed by atoms with Gasteiger partial charge in [0.2, 0.25) is 5.91 Å². The van der Waals surface area contributed by atoms with Crippen LogP contribution in [0.25, 0.3) is 16.5 Å². The Kier molecular flexibility index (Phi) is 4.63. The molecule has 5 rings (SSSR count). The maximum atomic E-state index is 13.7. The van der Waals surface area contributed by atoms with E-state index in [4.69, 9.17) is 11.6 Å². The van der Waals surface area contributed by atoms with Crippen LogP contribution >= 0.6 is 11.6 Å². The molecule has 1 atom stereocenters. The van der Waals surface area contributed by atoms with Gasteiger partial charge < -0.3 is 5.32 Å². The first kappa shape index (κ1) is 19.5. The molecule has 154 valence electrons. The Labute approximate surface area is 184 Å². The summed E-state index contributed by atoms with van der Waals surface area (Å²) in [5.41, 5.74) is 3.78. The number of carbonyl (C=O) groups is 2. The van der Waals surface area contributed by atoms with Crippen molar-refractivity contribution in [3.05, 3.63) is 88.1 Å². The molecule has 6 heteroatoms. The Morgan fingerprint density at radius 3 is 2.68 bits per heavy atom. The minimum absolute atomic E-state index is 0.0718. The average Bonchev–Trinajstić information content (AvgIpc) is 3.10. The molecule has 1 N–H and O–H groups in total. The monoisotopic (exact) mass is 429 g/mol. The molecule has 31 heavy (non-hydrogen) atoms. The van der Waals surface area contributed by atoms with Crippen LogP contribution in [0.4, 0.5) is 5.82 Å². The highest BCUT2D eigenvalue weighted by atomic mass is 35.5. The van der Waals surface area contributed by atoms with Crippen molar-refractivity contribution in [1.82, 2.24) is 9.78 Å². The topological polar surface area (TPSA) is 64.0 Å². The zero-order valence-electron chi connectivity index (χ0n) is 17.1. The number of Topliss-reactive ketones (excluding diaryl/α,β-unsaturated/α-hetero) is 1. The van der Waals surface area contributed by atoms with Crippen LogP contribution in [0.5, 0.6) is 0 Å². The number of aryl methyl sites for hydroxylation is 2. The van der Waals surface area contributed by atoms with Crippen molar-refractivity contribution in [3.63, 3.8) is 0 Å². The number of nitrogens with one attached hydrogen (secondary N) is 1. The number of hydrogen-bond acceptors (Lipinski definition) is 3. The number of aromatic nitrogens is 2. The van der Waals surface area contributed by atoms with E-state index in [1.165, 1.54) is 0 Å². The number of anilines is 1. The van der Waals surface area contributed by atoms with Crippen molar-refractivity contribution in [2.45, 2.75) is 26.2 Å². The third-order valence-corrected chi connectivity index (χ3v) is 6.28. The van der Waals surface area contributed by atoms with Gasteiger partial charge in [-0.2, -0.15) is 5.10 Å². The second kappa shape index (κ2) is 7.36. The van der Waals surface area contributed by atoms with E-state index in [-0.39, 0.29) is 18.1 Å². The van der Waals surface area contributed by atoms with E-state index < -0.39 is 5.92 Å².